The fourth-order valence-corrected chi connectivity index (χ4v) is 1.89. The first kappa shape index (κ1) is 9.66. The van der Waals surface area contributed by atoms with E-state index in [-0.39, 0.29) is 5.41 Å². The molecule has 0 spiro atoms. The van der Waals surface area contributed by atoms with E-state index in [9.17, 15) is 0 Å². The predicted octanol–water partition coefficient (Wildman–Crippen LogP) is 3.38. The zero-order valence-electron chi connectivity index (χ0n) is 8.54. The molecule has 0 amide bonds. The lowest BCUT2D eigenvalue weighted by Gasteiger charge is -2.21. The molecule has 1 aromatic heterocycles. The lowest BCUT2D eigenvalue weighted by molar-refractivity contribution is 0.609. The van der Waals surface area contributed by atoms with Crippen molar-refractivity contribution in [2.75, 3.05) is 5.75 Å². The molecule has 1 heterocycles. The van der Waals surface area contributed by atoms with E-state index >= 15 is 0 Å². The summed E-state index contributed by atoms with van der Waals surface area (Å²) >= 11 is 4.40. The van der Waals surface area contributed by atoms with E-state index in [2.05, 4.69) is 61.9 Å². The summed E-state index contributed by atoms with van der Waals surface area (Å²) in [6.07, 6.45) is 2.10. The molecule has 74 valence electrons. The maximum absolute atomic E-state index is 4.40. The van der Waals surface area contributed by atoms with Crippen LogP contribution in [0.4, 0.5) is 0 Å². The van der Waals surface area contributed by atoms with E-state index in [1.54, 1.807) is 0 Å². The summed E-state index contributed by atoms with van der Waals surface area (Å²) in [6, 6.07) is 8.39. The van der Waals surface area contributed by atoms with Crippen molar-refractivity contribution in [1.29, 1.82) is 0 Å². The highest BCUT2D eigenvalue weighted by Gasteiger charge is 2.21. The highest BCUT2D eigenvalue weighted by atomic mass is 32.1. The lowest BCUT2D eigenvalue weighted by Crippen LogP contribution is -2.18. The maximum atomic E-state index is 4.40. The second kappa shape index (κ2) is 3.35. The molecule has 0 atom stereocenters. The number of fused-ring (bicyclic) bond motifs is 1. The summed E-state index contributed by atoms with van der Waals surface area (Å²) < 4.78 is 0. The zero-order chi connectivity index (χ0) is 10.2. The van der Waals surface area contributed by atoms with Crippen molar-refractivity contribution in [2.45, 2.75) is 19.3 Å². The molecule has 1 aromatic carbocycles. The third-order valence-electron chi connectivity index (χ3n) is 2.71. The Hall–Kier alpha value is -0.890. The van der Waals surface area contributed by atoms with E-state index in [0.29, 0.717) is 0 Å². The predicted molar refractivity (Wildman–Crippen MR) is 65.2 cm³/mol. The third kappa shape index (κ3) is 1.44. The van der Waals surface area contributed by atoms with Gasteiger partial charge in [0, 0.05) is 22.5 Å². The highest BCUT2D eigenvalue weighted by Crippen LogP contribution is 2.30. The van der Waals surface area contributed by atoms with Gasteiger partial charge in [-0.25, -0.2) is 0 Å². The molecule has 2 aromatic rings. The van der Waals surface area contributed by atoms with Gasteiger partial charge in [0.15, 0.2) is 0 Å². The van der Waals surface area contributed by atoms with Gasteiger partial charge < -0.3 is 4.98 Å². The zero-order valence-corrected chi connectivity index (χ0v) is 9.44. The van der Waals surface area contributed by atoms with Gasteiger partial charge in [-0.05, 0) is 17.4 Å². The van der Waals surface area contributed by atoms with Crippen molar-refractivity contribution in [3.05, 3.63) is 36.0 Å². The van der Waals surface area contributed by atoms with Gasteiger partial charge in [-0.2, -0.15) is 12.6 Å². The van der Waals surface area contributed by atoms with E-state index in [4.69, 9.17) is 0 Å². The van der Waals surface area contributed by atoms with Crippen LogP contribution in [-0.4, -0.2) is 10.7 Å². The summed E-state index contributed by atoms with van der Waals surface area (Å²) in [6.45, 7) is 4.44. The van der Waals surface area contributed by atoms with E-state index in [0.717, 1.165) is 5.75 Å². The van der Waals surface area contributed by atoms with Crippen molar-refractivity contribution in [3.8, 4) is 0 Å². The van der Waals surface area contributed by atoms with Crippen LogP contribution in [0.3, 0.4) is 0 Å². The van der Waals surface area contributed by atoms with Gasteiger partial charge in [-0.1, -0.05) is 32.0 Å². The average molecular weight is 205 g/mol. The van der Waals surface area contributed by atoms with Crippen LogP contribution in [0.15, 0.2) is 30.5 Å². The van der Waals surface area contributed by atoms with Crippen molar-refractivity contribution in [3.63, 3.8) is 0 Å². The number of rotatable bonds is 2. The molecular weight excluding hydrogens is 190 g/mol. The van der Waals surface area contributed by atoms with E-state index in [1.165, 1.54) is 16.5 Å². The Balaban J connectivity index is 2.64. The van der Waals surface area contributed by atoms with Gasteiger partial charge >= 0.3 is 0 Å². The first-order valence-corrected chi connectivity index (χ1v) is 5.46. The fourth-order valence-electron chi connectivity index (χ4n) is 1.72. The number of nitrogens with one attached hydrogen (secondary N) is 1. The van der Waals surface area contributed by atoms with Crippen LogP contribution in [0.5, 0.6) is 0 Å². The Morgan fingerprint density at radius 1 is 1.29 bits per heavy atom. The summed E-state index contributed by atoms with van der Waals surface area (Å²) in [5.74, 6) is 0.856. The van der Waals surface area contributed by atoms with Crippen LogP contribution in [0.25, 0.3) is 10.9 Å². The SMILES string of the molecule is CC(C)(CS)c1c[nH]c2ccccc12. The molecule has 1 N–H and O–H groups in total. The number of H-pyrrole nitrogens is 1. The highest BCUT2D eigenvalue weighted by molar-refractivity contribution is 7.80. The second-order valence-electron chi connectivity index (χ2n) is 4.29. The van der Waals surface area contributed by atoms with Crippen molar-refractivity contribution in [1.82, 2.24) is 4.98 Å². The minimum atomic E-state index is 0.128. The number of thiol groups is 1. The Bertz CT molecular complexity index is 442. The quantitative estimate of drug-likeness (QED) is 0.699. The van der Waals surface area contributed by atoms with E-state index in [1.807, 2.05) is 0 Å². The van der Waals surface area contributed by atoms with Crippen molar-refractivity contribution >= 4 is 23.5 Å². The molecule has 0 saturated carbocycles. The number of hydrogen-bond acceptors (Lipinski definition) is 1. The lowest BCUT2D eigenvalue weighted by atomic mass is 9.86. The Morgan fingerprint density at radius 3 is 2.71 bits per heavy atom. The van der Waals surface area contributed by atoms with Crippen LogP contribution in [0.2, 0.25) is 0 Å². The number of benzene rings is 1. The summed E-state index contributed by atoms with van der Waals surface area (Å²) in [7, 11) is 0. The molecule has 14 heavy (non-hydrogen) atoms. The number of para-hydroxylation sites is 1. The summed E-state index contributed by atoms with van der Waals surface area (Å²) in [5, 5.41) is 1.31. The maximum Gasteiger partial charge on any atom is 0.0457 e. The van der Waals surface area contributed by atoms with E-state index < -0.39 is 0 Å². The molecular formula is C12H15NS. The Kier molecular flexibility index (Phi) is 2.31. The van der Waals surface area contributed by atoms with Crippen LogP contribution in [0, 0.1) is 0 Å². The van der Waals surface area contributed by atoms with Gasteiger partial charge in [0.1, 0.15) is 0 Å². The van der Waals surface area contributed by atoms with Gasteiger partial charge in [0.2, 0.25) is 0 Å². The first-order valence-electron chi connectivity index (χ1n) is 4.82. The van der Waals surface area contributed by atoms with Gasteiger partial charge in [0.05, 0.1) is 0 Å². The molecule has 0 aliphatic carbocycles. The van der Waals surface area contributed by atoms with Crippen LogP contribution >= 0.6 is 12.6 Å². The normalized spacial score (nSPS) is 12.2. The monoisotopic (exact) mass is 205 g/mol. The first-order chi connectivity index (χ1) is 6.65. The summed E-state index contributed by atoms with van der Waals surface area (Å²) in [4.78, 5) is 3.29. The molecule has 0 saturated heterocycles. The van der Waals surface area contributed by atoms with Crippen LogP contribution in [0.1, 0.15) is 19.4 Å². The van der Waals surface area contributed by atoms with Crippen molar-refractivity contribution in [2.24, 2.45) is 0 Å². The summed E-state index contributed by atoms with van der Waals surface area (Å²) in [5.41, 5.74) is 2.68. The molecule has 0 bridgehead atoms. The minimum Gasteiger partial charge on any atom is -0.361 e. The molecule has 1 nitrogen and oxygen atoms in total. The van der Waals surface area contributed by atoms with Crippen LogP contribution < -0.4 is 0 Å². The fraction of sp³-hybridized carbons (Fsp3) is 0.333. The third-order valence-corrected chi connectivity index (χ3v) is 3.50. The molecule has 2 heteroatoms. The van der Waals surface area contributed by atoms with Crippen molar-refractivity contribution < 1.29 is 0 Å². The minimum absolute atomic E-state index is 0.128. The molecule has 2 rings (SSSR count). The van der Waals surface area contributed by atoms with Gasteiger partial charge in [-0.3, -0.25) is 0 Å². The molecule has 0 fully saturated rings. The Labute approximate surface area is 89.9 Å². The average Bonchev–Trinajstić information content (AvgIpc) is 2.61. The standard InChI is InChI=1S/C12H15NS/c1-12(2,8-14)10-7-13-11-6-4-3-5-9(10)11/h3-7,13-14H,8H2,1-2H3. The van der Waals surface area contributed by atoms with Gasteiger partial charge in [0.25, 0.3) is 0 Å². The van der Waals surface area contributed by atoms with Gasteiger partial charge in [-0.15, -0.1) is 0 Å². The smallest absolute Gasteiger partial charge is 0.0457 e. The topological polar surface area (TPSA) is 15.8 Å². The number of aromatic amines is 1. The molecule has 0 radical (unpaired) electrons. The molecule has 0 aliphatic heterocycles. The second-order valence-corrected chi connectivity index (χ2v) is 4.61. The molecule has 0 aliphatic rings. The number of aromatic nitrogens is 1. The number of hydrogen-bond donors (Lipinski definition) is 2. The Morgan fingerprint density at radius 2 is 2.00 bits per heavy atom. The molecule has 0 unspecified atom stereocenters. The van der Waals surface area contributed by atoms with Crippen LogP contribution in [-0.2, 0) is 5.41 Å². The largest absolute Gasteiger partial charge is 0.361 e.